The molecule has 0 saturated heterocycles. The lowest BCUT2D eigenvalue weighted by molar-refractivity contribution is -0.303. The number of hydrogen-bond acceptors (Lipinski definition) is 1. The second-order valence-corrected chi connectivity index (χ2v) is 5.77. The Hall–Kier alpha value is -2.85. The molecule has 152 valence electrons. The summed E-state index contributed by atoms with van der Waals surface area (Å²) in [6.07, 6.45) is -13.4. The van der Waals surface area contributed by atoms with Gasteiger partial charge in [-0.2, -0.15) is 26.3 Å². The molecule has 0 spiro atoms. The Bertz CT molecular complexity index is 819. The molecule has 28 heavy (non-hydrogen) atoms. The molecule has 2 rings (SSSR count). The molecule has 0 fully saturated rings. The molecule has 0 unspecified atom stereocenters. The molecule has 0 radical (unpaired) electrons. The normalized spacial score (nSPS) is 12.6. The molecule has 0 heterocycles. The third kappa shape index (κ3) is 4.52. The lowest BCUT2D eigenvalue weighted by atomic mass is 9.89. The molecular weight excluding hydrogens is 400 g/mol. The lowest BCUT2D eigenvalue weighted by Gasteiger charge is -2.38. The monoisotopic (exact) mass is 412 g/mol. The van der Waals surface area contributed by atoms with Crippen LogP contribution in [0.3, 0.4) is 0 Å². The van der Waals surface area contributed by atoms with Gasteiger partial charge in [0, 0.05) is 18.2 Å². The number of carbonyl (C=O) groups excluding carboxylic acids is 1. The van der Waals surface area contributed by atoms with Crippen LogP contribution >= 0.6 is 0 Å². The van der Waals surface area contributed by atoms with E-state index in [-0.39, 0.29) is 5.56 Å². The molecule has 11 heteroatoms. The van der Waals surface area contributed by atoms with Crippen molar-refractivity contribution in [2.45, 2.75) is 24.3 Å². The molecule has 2 aromatic carbocycles. The summed E-state index contributed by atoms with van der Waals surface area (Å²) in [5.74, 6) is -2.75. The van der Waals surface area contributed by atoms with Crippen molar-refractivity contribution in [3.05, 3.63) is 65.7 Å². The topological polar surface area (TPSA) is 41.1 Å². The van der Waals surface area contributed by atoms with Crippen LogP contribution in [0.4, 0.5) is 45.6 Å². The fraction of sp³-hybridized carbons (Fsp3) is 0.235. The average Bonchev–Trinajstić information content (AvgIpc) is 2.56. The second kappa shape index (κ2) is 7.64. The summed E-state index contributed by atoms with van der Waals surface area (Å²) in [5, 5.41) is 2.56. The van der Waals surface area contributed by atoms with Crippen LogP contribution in [-0.2, 0) is 6.42 Å². The summed E-state index contributed by atoms with van der Waals surface area (Å²) < 4.78 is 107. The van der Waals surface area contributed by atoms with Gasteiger partial charge in [0.15, 0.2) is 11.6 Å². The van der Waals surface area contributed by atoms with Crippen LogP contribution in [0.1, 0.15) is 5.56 Å². The van der Waals surface area contributed by atoms with Crippen molar-refractivity contribution in [2.24, 2.45) is 0 Å². The molecule has 0 aromatic heterocycles. The second-order valence-electron chi connectivity index (χ2n) is 5.77. The Balaban J connectivity index is 2.37. The maximum absolute atomic E-state index is 13.5. The van der Waals surface area contributed by atoms with Crippen LogP contribution in [0, 0.1) is 11.6 Å². The number of urea groups is 1. The maximum atomic E-state index is 13.5. The van der Waals surface area contributed by atoms with Crippen molar-refractivity contribution in [3.63, 3.8) is 0 Å². The Morgan fingerprint density at radius 3 is 1.89 bits per heavy atom. The minimum absolute atomic E-state index is 0.328. The summed E-state index contributed by atoms with van der Waals surface area (Å²) in [5.41, 5.74) is -5.47. The van der Waals surface area contributed by atoms with Crippen molar-refractivity contribution < 1.29 is 39.9 Å². The smallest absolute Gasteiger partial charge is 0.316 e. The highest BCUT2D eigenvalue weighted by atomic mass is 19.4. The fourth-order valence-corrected chi connectivity index (χ4v) is 2.38. The first kappa shape index (κ1) is 21.5. The molecule has 2 N–H and O–H groups in total. The van der Waals surface area contributed by atoms with Gasteiger partial charge in [-0.05, 0) is 17.7 Å². The quantitative estimate of drug-likeness (QED) is 0.667. The predicted octanol–water partition coefficient (Wildman–Crippen LogP) is 5.19. The molecular formula is C17H12F8N2O. The van der Waals surface area contributed by atoms with E-state index in [4.69, 9.17) is 0 Å². The van der Waals surface area contributed by atoms with Gasteiger partial charge in [-0.1, -0.05) is 30.3 Å². The van der Waals surface area contributed by atoms with E-state index in [0.717, 1.165) is 23.5 Å². The fourth-order valence-electron chi connectivity index (χ4n) is 2.38. The van der Waals surface area contributed by atoms with Gasteiger partial charge in [-0.25, -0.2) is 13.6 Å². The largest absolute Gasteiger partial charge is 0.420 e. The Labute approximate surface area is 153 Å². The molecule has 0 saturated carbocycles. The molecule has 0 aliphatic carbocycles. The highest BCUT2D eigenvalue weighted by Crippen LogP contribution is 2.45. The van der Waals surface area contributed by atoms with E-state index in [2.05, 4.69) is 0 Å². The first-order chi connectivity index (χ1) is 12.9. The molecule has 3 nitrogen and oxygen atoms in total. The van der Waals surface area contributed by atoms with Gasteiger partial charge >= 0.3 is 18.4 Å². The molecule has 2 amide bonds. The van der Waals surface area contributed by atoms with Crippen LogP contribution in [-0.4, -0.2) is 23.9 Å². The number of halogens is 8. The van der Waals surface area contributed by atoms with Gasteiger partial charge in [0.2, 0.25) is 5.54 Å². The zero-order chi connectivity index (χ0) is 21.2. The summed E-state index contributed by atoms with van der Waals surface area (Å²) >= 11 is 0. The SMILES string of the molecule is O=C(Nc1ccc(F)c(F)c1)NC(Cc1ccccc1)(C(F)(F)F)C(F)(F)F. The van der Waals surface area contributed by atoms with Gasteiger partial charge in [-0.15, -0.1) is 0 Å². The minimum atomic E-state index is -5.91. The maximum Gasteiger partial charge on any atom is 0.420 e. The van der Waals surface area contributed by atoms with Gasteiger partial charge in [0.1, 0.15) is 0 Å². The van der Waals surface area contributed by atoms with Crippen molar-refractivity contribution >= 4 is 11.7 Å². The molecule has 0 aliphatic rings. The number of anilines is 1. The summed E-state index contributed by atoms with van der Waals surface area (Å²) in [6.45, 7) is 0. The number of rotatable bonds is 4. The number of alkyl halides is 6. The first-order valence-electron chi connectivity index (χ1n) is 7.57. The van der Waals surface area contributed by atoms with Gasteiger partial charge < -0.3 is 10.6 Å². The van der Waals surface area contributed by atoms with E-state index in [1.54, 1.807) is 5.32 Å². The van der Waals surface area contributed by atoms with E-state index < -0.39 is 47.7 Å². The van der Waals surface area contributed by atoms with E-state index in [1.165, 1.54) is 18.2 Å². The van der Waals surface area contributed by atoms with Crippen molar-refractivity contribution in [1.82, 2.24) is 5.32 Å². The summed E-state index contributed by atoms with van der Waals surface area (Å²) in [4.78, 5) is 11.9. The zero-order valence-corrected chi connectivity index (χ0v) is 13.8. The molecule has 0 aliphatic heterocycles. The van der Waals surface area contributed by atoms with Crippen molar-refractivity contribution in [2.75, 3.05) is 5.32 Å². The van der Waals surface area contributed by atoms with Crippen LogP contribution in [0.2, 0.25) is 0 Å². The van der Waals surface area contributed by atoms with Crippen LogP contribution < -0.4 is 10.6 Å². The number of carbonyl (C=O) groups is 1. The van der Waals surface area contributed by atoms with Crippen LogP contribution in [0.25, 0.3) is 0 Å². The van der Waals surface area contributed by atoms with Gasteiger partial charge in [-0.3, -0.25) is 0 Å². The molecule has 0 atom stereocenters. The number of nitrogens with one attached hydrogen (secondary N) is 2. The Morgan fingerprint density at radius 2 is 1.39 bits per heavy atom. The first-order valence-corrected chi connectivity index (χ1v) is 7.57. The zero-order valence-electron chi connectivity index (χ0n) is 13.8. The van der Waals surface area contributed by atoms with E-state index in [9.17, 15) is 39.9 Å². The average molecular weight is 412 g/mol. The number of amides is 2. The predicted molar refractivity (Wildman–Crippen MR) is 83.5 cm³/mol. The Kier molecular flexibility index (Phi) is 5.86. The van der Waals surface area contributed by atoms with Crippen LogP contribution in [0.5, 0.6) is 0 Å². The number of benzene rings is 2. The highest BCUT2D eigenvalue weighted by molar-refractivity contribution is 5.90. The Morgan fingerprint density at radius 1 is 0.821 bits per heavy atom. The molecule has 0 bridgehead atoms. The third-order valence-corrected chi connectivity index (χ3v) is 3.78. The highest BCUT2D eigenvalue weighted by Gasteiger charge is 2.71. The summed E-state index contributed by atoms with van der Waals surface area (Å²) in [7, 11) is 0. The van der Waals surface area contributed by atoms with Gasteiger partial charge in [0.25, 0.3) is 0 Å². The van der Waals surface area contributed by atoms with E-state index in [0.29, 0.717) is 12.1 Å². The lowest BCUT2D eigenvalue weighted by Crippen LogP contribution is -2.69. The van der Waals surface area contributed by atoms with Crippen LogP contribution in [0.15, 0.2) is 48.5 Å². The third-order valence-electron chi connectivity index (χ3n) is 3.78. The molecule has 2 aromatic rings. The minimum Gasteiger partial charge on any atom is -0.316 e. The van der Waals surface area contributed by atoms with Crippen molar-refractivity contribution in [1.29, 1.82) is 0 Å². The van der Waals surface area contributed by atoms with E-state index in [1.807, 2.05) is 0 Å². The number of hydrogen-bond donors (Lipinski definition) is 2. The summed E-state index contributed by atoms with van der Waals surface area (Å²) in [6, 6.07) is 5.82. The van der Waals surface area contributed by atoms with Crippen molar-refractivity contribution in [3.8, 4) is 0 Å². The van der Waals surface area contributed by atoms with Gasteiger partial charge in [0.05, 0.1) is 0 Å². The standard InChI is InChI=1S/C17H12F8N2O/c18-12-7-6-11(8-13(12)19)26-14(28)27-15(16(20,21)22,17(23,24)25)9-10-4-2-1-3-5-10/h1-8H,9H2,(H2,26,27,28). The van der Waals surface area contributed by atoms with E-state index >= 15 is 0 Å².